The van der Waals surface area contributed by atoms with E-state index in [9.17, 15) is 25.0 Å². The zero-order valence-electron chi connectivity index (χ0n) is 15.4. The van der Waals surface area contributed by atoms with Crippen molar-refractivity contribution in [2.24, 2.45) is 0 Å². The van der Waals surface area contributed by atoms with E-state index in [-0.39, 0.29) is 28.0 Å². The molecule has 2 N–H and O–H groups in total. The van der Waals surface area contributed by atoms with Crippen LogP contribution in [0.4, 0.5) is 17.1 Å². The van der Waals surface area contributed by atoms with Crippen LogP contribution >= 0.6 is 12.2 Å². The summed E-state index contributed by atoms with van der Waals surface area (Å²) < 4.78 is 5.48. The van der Waals surface area contributed by atoms with Gasteiger partial charge >= 0.3 is 0 Å². The van der Waals surface area contributed by atoms with Gasteiger partial charge in [-0.25, -0.2) is 0 Å². The van der Waals surface area contributed by atoms with Gasteiger partial charge in [0.1, 0.15) is 5.76 Å². The molecule has 3 rings (SSSR count). The lowest BCUT2D eigenvalue weighted by Gasteiger charge is -2.10. The van der Waals surface area contributed by atoms with Gasteiger partial charge in [-0.2, -0.15) is 0 Å². The monoisotopic (exact) mass is 426 g/mol. The Balaban J connectivity index is 1.71. The highest BCUT2D eigenvalue weighted by atomic mass is 32.1. The van der Waals surface area contributed by atoms with Crippen molar-refractivity contribution in [2.45, 2.75) is 6.92 Å². The van der Waals surface area contributed by atoms with Crippen molar-refractivity contribution in [1.29, 1.82) is 0 Å². The smallest absolute Gasteiger partial charge is 0.293 e. The Morgan fingerprint density at radius 2 is 1.70 bits per heavy atom. The summed E-state index contributed by atoms with van der Waals surface area (Å²) in [6.45, 7) is 1.73. The second-order valence-corrected chi connectivity index (χ2v) is 6.54. The van der Waals surface area contributed by atoms with Gasteiger partial charge in [0.25, 0.3) is 17.3 Å². The van der Waals surface area contributed by atoms with E-state index < -0.39 is 15.8 Å². The molecule has 0 aliphatic rings. The Morgan fingerprint density at radius 3 is 2.40 bits per heavy atom. The Morgan fingerprint density at radius 1 is 1.00 bits per heavy atom. The minimum Gasteiger partial charge on any atom is -0.451 e. The van der Waals surface area contributed by atoms with Gasteiger partial charge in [0.05, 0.1) is 9.85 Å². The predicted molar refractivity (Wildman–Crippen MR) is 112 cm³/mol. The molecule has 2 aromatic carbocycles. The fourth-order valence-corrected chi connectivity index (χ4v) is 2.77. The number of aryl methyl sites for hydroxylation is 1. The number of nitro benzene ring substituents is 2. The van der Waals surface area contributed by atoms with E-state index in [1.54, 1.807) is 19.1 Å². The van der Waals surface area contributed by atoms with E-state index in [4.69, 9.17) is 16.6 Å². The van der Waals surface area contributed by atoms with Gasteiger partial charge in [-0.3, -0.25) is 30.3 Å². The first-order valence-corrected chi connectivity index (χ1v) is 8.87. The van der Waals surface area contributed by atoms with Crippen molar-refractivity contribution in [3.05, 3.63) is 86.1 Å². The summed E-state index contributed by atoms with van der Waals surface area (Å²) in [6.07, 6.45) is 0. The minimum absolute atomic E-state index is 0.0589. The molecule has 3 aromatic rings. The van der Waals surface area contributed by atoms with E-state index in [0.29, 0.717) is 16.8 Å². The van der Waals surface area contributed by atoms with Gasteiger partial charge in [0, 0.05) is 35.5 Å². The van der Waals surface area contributed by atoms with Gasteiger partial charge in [0.15, 0.2) is 10.9 Å². The van der Waals surface area contributed by atoms with Crippen LogP contribution in [0.1, 0.15) is 16.1 Å². The van der Waals surface area contributed by atoms with Crippen LogP contribution < -0.4 is 10.6 Å². The number of hydrogen-bond donors (Lipinski definition) is 2. The summed E-state index contributed by atoms with van der Waals surface area (Å²) >= 11 is 5.10. The number of rotatable bonds is 5. The number of nitro groups is 2. The number of thiocarbonyl (C=S) groups is 1. The number of hydrogen-bond acceptors (Lipinski definition) is 7. The molecule has 0 aliphatic heterocycles. The third-order valence-electron chi connectivity index (χ3n) is 4.08. The molecule has 1 amide bonds. The fourth-order valence-electron chi connectivity index (χ4n) is 2.56. The topological polar surface area (TPSA) is 141 Å². The van der Waals surface area contributed by atoms with E-state index in [1.807, 2.05) is 0 Å². The van der Waals surface area contributed by atoms with Crippen molar-refractivity contribution in [2.75, 3.05) is 5.32 Å². The average Bonchev–Trinajstić information content (AvgIpc) is 3.20. The van der Waals surface area contributed by atoms with Crippen LogP contribution in [-0.4, -0.2) is 20.9 Å². The van der Waals surface area contributed by atoms with E-state index in [0.717, 1.165) is 0 Å². The quantitative estimate of drug-likeness (QED) is 0.351. The van der Waals surface area contributed by atoms with Gasteiger partial charge in [-0.1, -0.05) is 18.2 Å². The first-order valence-electron chi connectivity index (χ1n) is 8.46. The molecule has 10 nitrogen and oxygen atoms in total. The van der Waals surface area contributed by atoms with Gasteiger partial charge in [-0.15, -0.1) is 0 Å². The van der Waals surface area contributed by atoms with Crippen molar-refractivity contribution in [1.82, 2.24) is 5.32 Å². The molecule has 0 radical (unpaired) electrons. The molecule has 0 atom stereocenters. The maximum Gasteiger partial charge on any atom is 0.293 e. The molecule has 0 bridgehead atoms. The lowest BCUT2D eigenvalue weighted by atomic mass is 10.1. The summed E-state index contributed by atoms with van der Waals surface area (Å²) in [4.78, 5) is 33.1. The number of nitrogens with one attached hydrogen (secondary N) is 2. The molecular formula is C19H14N4O6S. The van der Waals surface area contributed by atoms with Crippen LogP contribution in [0.25, 0.3) is 11.3 Å². The van der Waals surface area contributed by atoms with Gasteiger partial charge < -0.3 is 9.73 Å². The number of anilines is 1. The van der Waals surface area contributed by atoms with Crippen molar-refractivity contribution < 1.29 is 19.1 Å². The van der Waals surface area contributed by atoms with E-state index in [2.05, 4.69) is 10.6 Å². The Labute approximate surface area is 174 Å². The molecular weight excluding hydrogens is 412 g/mol. The second-order valence-electron chi connectivity index (χ2n) is 6.14. The zero-order chi connectivity index (χ0) is 21.8. The average molecular weight is 426 g/mol. The highest BCUT2D eigenvalue weighted by molar-refractivity contribution is 7.80. The van der Waals surface area contributed by atoms with E-state index >= 15 is 0 Å². The molecule has 0 spiro atoms. The third-order valence-corrected chi connectivity index (χ3v) is 4.28. The van der Waals surface area contributed by atoms with Crippen LogP contribution in [-0.2, 0) is 0 Å². The van der Waals surface area contributed by atoms with Crippen LogP contribution in [0, 0.1) is 27.2 Å². The normalized spacial score (nSPS) is 10.3. The fraction of sp³-hybridized carbons (Fsp3) is 0.0526. The molecule has 11 heteroatoms. The number of non-ortho nitro benzene ring substituents is 2. The SMILES string of the molecule is Cc1ccc([N+](=O)[O-])cc1NC(=S)NC(=O)c1ccc(-c2cccc([N+](=O)[O-])c2)o1. The molecule has 0 saturated carbocycles. The number of furan rings is 1. The van der Waals surface area contributed by atoms with Gasteiger partial charge in [0.2, 0.25) is 0 Å². The predicted octanol–water partition coefficient (Wildman–Crippen LogP) is 4.20. The zero-order valence-corrected chi connectivity index (χ0v) is 16.3. The van der Waals surface area contributed by atoms with E-state index in [1.165, 1.54) is 42.5 Å². The Bertz CT molecular complexity index is 1170. The second kappa shape index (κ2) is 8.49. The number of benzene rings is 2. The number of nitrogens with zero attached hydrogens (tertiary/aromatic N) is 2. The molecule has 0 unspecified atom stereocenters. The van der Waals surface area contributed by atoms with Crippen molar-refractivity contribution in [3.8, 4) is 11.3 Å². The maximum atomic E-state index is 12.4. The van der Waals surface area contributed by atoms with Gasteiger partial charge in [-0.05, 0) is 36.8 Å². The first kappa shape index (κ1) is 20.6. The summed E-state index contributed by atoms with van der Waals surface area (Å²) in [5, 5.41) is 26.9. The molecule has 30 heavy (non-hydrogen) atoms. The molecule has 1 aromatic heterocycles. The van der Waals surface area contributed by atoms with Crippen LogP contribution in [0.3, 0.4) is 0 Å². The largest absolute Gasteiger partial charge is 0.451 e. The number of amides is 1. The molecule has 1 heterocycles. The number of carbonyl (C=O) groups excluding carboxylic acids is 1. The molecule has 0 aliphatic carbocycles. The first-order chi connectivity index (χ1) is 14.2. The lowest BCUT2D eigenvalue weighted by molar-refractivity contribution is -0.385. The summed E-state index contributed by atoms with van der Waals surface area (Å²) in [5.41, 5.74) is 1.29. The maximum absolute atomic E-state index is 12.4. The summed E-state index contributed by atoms with van der Waals surface area (Å²) in [6, 6.07) is 12.9. The molecule has 0 saturated heterocycles. The molecule has 0 fully saturated rings. The third kappa shape index (κ3) is 4.64. The minimum atomic E-state index is -0.646. The van der Waals surface area contributed by atoms with Crippen LogP contribution in [0.2, 0.25) is 0 Å². The highest BCUT2D eigenvalue weighted by Crippen LogP contribution is 2.26. The number of carbonyl (C=O) groups is 1. The Kier molecular flexibility index (Phi) is 5.83. The van der Waals surface area contributed by atoms with Crippen LogP contribution in [0.5, 0.6) is 0 Å². The summed E-state index contributed by atoms with van der Waals surface area (Å²) in [7, 11) is 0. The lowest BCUT2D eigenvalue weighted by Crippen LogP contribution is -2.34. The standard InChI is InChI=1S/C19H14N4O6S/c1-11-5-6-14(23(27)28)10-15(11)20-19(30)21-18(24)17-8-7-16(29-17)12-3-2-4-13(9-12)22(25)26/h2-10H,1H3,(H2,20,21,24,30). The summed E-state index contributed by atoms with van der Waals surface area (Å²) in [5.74, 6) is -0.430. The van der Waals surface area contributed by atoms with Crippen LogP contribution in [0.15, 0.2) is 59.0 Å². The van der Waals surface area contributed by atoms with Crippen molar-refractivity contribution >= 4 is 40.3 Å². The molecule has 152 valence electrons. The Hall–Kier alpha value is -4.12. The highest BCUT2D eigenvalue weighted by Gasteiger charge is 2.16. The van der Waals surface area contributed by atoms with Crippen molar-refractivity contribution in [3.63, 3.8) is 0 Å².